The summed E-state index contributed by atoms with van der Waals surface area (Å²) in [6.45, 7) is 3.16. The number of aromatic nitrogens is 2. The van der Waals surface area contributed by atoms with E-state index in [0.717, 1.165) is 0 Å². The third-order valence-electron chi connectivity index (χ3n) is 9.27. The number of anilines is 1. The topological polar surface area (TPSA) is 227 Å². The normalized spacial score (nSPS) is 24.9. The van der Waals surface area contributed by atoms with Gasteiger partial charge in [0.05, 0.1) is 28.7 Å². The van der Waals surface area contributed by atoms with Crippen molar-refractivity contribution < 1.29 is 43.2 Å². The average molecular weight is 644 g/mol. The third-order valence-corrected chi connectivity index (χ3v) is 11.2. The van der Waals surface area contributed by atoms with Crippen LogP contribution in [-0.2, 0) is 37.1 Å². The van der Waals surface area contributed by atoms with Crippen LogP contribution >= 0.6 is 0 Å². The molecule has 0 radical (unpaired) electrons. The fourth-order valence-electron chi connectivity index (χ4n) is 7.28. The number of phenols is 1. The maximum Gasteiger partial charge on any atom is 0.255 e. The third kappa shape index (κ3) is 4.63. The van der Waals surface area contributed by atoms with Crippen LogP contribution in [0.2, 0.25) is 0 Å². The van der Waals surface area contributed by atoms with E-state index in [0.29, 0.717) is 22.6 Å². The number of benzene rings is 1. The standard InChI is InChI=1S/C30H37N5O9S/c1-12-26(13(2)33-32-12)45(43,44)8-7-14-11-18(34(3)4)16-9-15-10-17-22(35(5)6)25(38)21(29(31)41)28(40)30(17,42)27(39)19(15)24(37)20(16)23(14)36/h11,15,17,22,36-37,40,42H,7-10H2,1-6H3,(H2,31,41)(H,32,33). The van der Waals surface area contributed by atoms with Crippen LogP contribution < -0.4 is 10.6 Å². The molecule has 1 fully saturated rings. The van der Waals surface area contributed by atoms with E-state index >= 15 is 0 Å². The van der Waals surface area contributed by atoms with Crippen LogP contribution in [0.4, 0.5) is 5.69 Å². The number of nitrogens with zero attached hydrogens (tertiary/aromatic N) is 3. The number of likely N-dealkylation sites (N-methyl/N-ethyl adjacent to an activating group) is 1. The monoisotopic (exact) mass is 643 g/mol. The number of amides is 1. The second-order valence-corrected chi connectivity index (χ2v) is 14.5. The van der Waals surface area contributed by atoms with Crippen molar-refractivity contribution in [2.75, 3.05) is 38.8 Å². The number of aliphatic hydroxyl groups is 3. The van der Waals surface area contributed by atoms with E-state index in [1.165, 1.54) is 19.0 Å². The quantitative estimate of drug-likeness (QED) is 0.225. The van der Waals surface area contributed by atoms with Gasteiger partial charge < -0.3 is 31.1 Å². The lowest BCUT2D eigenvalue weighted by atomic mass is 9.57. The predicted octanol–water partition coefficient (Wildman–Crippen LogP) is 0.386. The summed E-state index contributed by atoms with van der Waals surface area (Å²) in [5.41, 5.74) is 3.30. The van der Waals surface area contributed by atoms with Crippen LogP contribution in [0, 0.1) is 25.7 Å². The molecule has 0 aliphatic heterocycles. The molecular formula is C30H37N5O9S. The highest BCUT2D eigenvalue weighted by molar-refractivity contribution is 7.91. The van der Waals surface area contributed by atoms with Crippen molar-refractivity contribution in [2.45, 2.75) is 49.6 Å². The summed E-state index contributed by atoms with van der Waals surface area (Å²) in [5.74, 6) is -7.80. The van der Waals surface area contributed by atoms with E-state index in [2.05, 4.69) is 10.2 Å². The van der Waals surface area contributed by atoms with Crippen LogP contribution in [-0.4, -0.2) is 107 Å². The van der Waals surface area contributed by atoms with E-state index in [1.807, 2.05) is 0 Å². The summed E-state index contributed by atoms with van der Waals surface area (Å²) in [5, 5.41) is 52.6. The van der Waals surface area contributed by atoms with E-state index < -0.39 is 73.6 Å². The molecule has 1 amide bonds. The molecule has 242 valence electrons. The molecule has 1 aromatic heterocycles. The zero-order valence-electron chi connectivity index (χ0n) is 25.8. The summed E-state index contributed by atoms with van der Waals surface area (Å²) in [6.07, 6.45) is -0.0686. The van der Waals surface area contributed by atoms with Crippen LogP contribution in [0.25, 0.3) is 5.76 Å². The van der Waals surface area contributed by atoms with Crippen molar-refractivity contribution in [3.05, 3.63) is 51.0 Å². The van der Waals surface area contributed by atoms with Gasteiger partial charge in [-0.3, -0.25) is 24.4 Å². The molecule has 15 heteroatoms. The Hall–Kier alpha value is -4.21. The van der Waals surface area contributed by atoms with E-state index in [-0.39, 0.29) is 46.6 Å². The SMILES string of the molecule is Cc1n[nH]c(C)c1S(=O)(=O)CCc1cc(N(C)C)c2c(c1O)C(O)=C1C(=O)C3(O)C(O)=C(C(N)=O)C(=O)C(N(C)C)C3CC1C2. The van der Waals surface area contributed by atoms with E-state index in [9.17, 15) is 43.2 Å². The molecule has 14 nitrogen and oxygen atoms in total. The molecule has 1 heterocycles. The van der Waals surface area contributed by atoms with E-state index in [4.69, 9.17) is 5.73 Å². The zero-order valence-corrected chi connectivity index (χ0v) is 26.6. The number of sulfone groups is 1. The minimum absolute atomic E-state index is 0.0389. The number of ketones is 2. The van der Waals surface area contributed by atoms with Crippen molar-refractivity contribution >= 4 is 38.8 Å². The lowest BCUT2D eigenvalue weighted by molar-refractivity contribution is -0.153. The molecular weight excluding hydrogens is 606 g/mol. The van der Waals surface area contributed by atoms with Crippen LogP contribution in [0.3, 0.4) is 0 Å². The molecule has 1 saturated carbocycles. The Kier molecular flexibility index (Phi) is 7.66. The molecule has 2 aromatic rings. The van der Waals surface area contributed by atoms with Gasteiger partial charge in [-0.2, -0.15) is 5.10 Å². The number of aromatic hydroxyl groups is 1. The zero-order chi connectivity index (χ0) is 33.5. The number of aromatic amines is 1. The smallest absolute Gasteiger partial charge is 0.255 e. The number of aryl methyl sites for hydroxylation is 3. The number of rotatable bonds is 7. The first-order valence-electron chi connectivity index (χ1n) is 14.3. The van der Waals surface area contributed by atoms with Gasteiger partial charge in [0.25, 0.3) is 5.91 Å². The average Bonchev–Trinajstić information content (AvgIpc) is 3.28. The molecule has 3 aliphatic carbocycles. The Bertz CT molecular complexity index is 1820. The van der Waals surface area contributed by atoms with Crippen molar-refractivity contribution in [2.24, 2.45) is 17.6 Å². The van der Waals surface area contributed by atoms with Crippen molar-refractivity contribution in [3.8, 4) is 5.75 Å². The number of phenolic OH excluding ortho intramolecular Hbond substituents is 1. The van der Waals surface area contributed by atoms with Gasteiger partial charge in [-0.1, -0.05) is 0 Å². The summed E-state index contributed by atoms with van der Waals surface area (Å²) in [4.78, 5) is 42.9. The van der Waals surface area contributed by atoms with Gasteiger partial charge in [0.1, 0.15) is 27.7 Å². The number of carbonyl (C=O) groups excluding carboxylic acids is 3. The summed E-state index contributed by atoms with van der Waals surface area (Å²) in [6, 6.07) is 0.453. The van der Waals surface area contributed by atoms with E-state index in [1.54, 1.807) is 38.9 Å². The maximum absolute atomic E-state index is 14.1. The molecule has 0 bridgehead atoms. The molecule has 7 N–H and O–H groups in total. The Morgan fingerprint density at radius 3 is 2.33 bits per heavy atom. The maximum atomic E-state index is 14.1. The fraction of sp³-hybridized carbons (Fsp3) is 0.467. The highest BCUT2D eigenvalue weighted by Crippen LogP contribution is 2.54. The first kappa shape index (κ1) is 32.2. The van der Waals surface area contributed by atoms with Crippen molar-refractivity contribution in [1.29, 1.82) is 0 Å². The molecule has 3 aliphatic rings. The Morgan fingerprint density at radius 1 is 1.16 bits per heavy atom. The number of carbonyl (C=O) groups is 3. The largest absolute Gasteiger partial charge is 0.508 e. The second-order valence-electron chi connectivity index (χ2n) is 12.4. The van der Waals surface area contributed by atoms with Gasteiger partial charge >= 0.3 is 0 Å². The van der Waals surface area contributed by atoms with Crippen molar-refractivity contribution in [1.82, 2.24) is 15.1 Å². The molecule has 4 unspecified atom stereocenters. The van der Waals surface area contributed by atoms with Crippen molar-refractivity contribution in [3.63, 3.8) is 0 Å². The van der Waals surface area contributed by atoms with Crippen LogP contribution in [0.1, 0.15) is 34.5 Å². The van der Waals surface area contributed by atoms with Gasteiger partial charge in [0.15, 0.2) is 21.2 Å². The van der Waals surface area contributed by atoms with Gasteiger partial charge in [-0.15, -0.1) is 0 Å². The number of aliphatic hydroxyl groups excluding tert-OH is 2. The number of nitrogens with two attached hydrogens (primary N) is 1. The fourth-order valence-corrected chi connectivity index (χ4v) is 8.98. The first-order valence-corrected chi connectivity index (χ1v) is 16.0. The van der Waals surface area contributed by atoms with Gasteiger partial charge in [-0.05, 0) is 70.3 Å². The van der Waals surface area contributed by atoms with Gasteiger partial charge in [0, 0.05) is 31.3 Å². The number of hydrogen-bond donors (Lipinski definition) is 6. The summed E-state index contributed by atoms with van der Waals surface area (Å²) >= 11 is 0. The minimum atomic E-state index is -3.83. The van der Waals surface area contributed by atoms with Crippen LogP contribution in [0.15, 0.2) is 27.9 Å². The Balaban J connectivity index is 1.66. The number of Topliss-reactive ketones (excluding diaryl/α,β-unsaturated/α-hetero) is 2. The number of primary amides is 1. The molecule has 1 aromatic carbocycles. The number of nitrogens with one attached hydrogen (secondary N) is 1. The highest BCUT2D eigenvalue weighted by atomic mass is 32.2. The van der Waals surface area contributed by atoms with Crippen LogP contribution in [0.5, 0.6) is 5.75 Å². The first-order chi connectivity index (χ1) is 20.9. The summed E-state index contributed by atoms with van der Waals surface area (Å²) < 4.78 is 26.4. The minimum Gasteiger partial charge on any atom is -0.508 e. The Labute approximate surface area is 259 Å². The molecule has 4 atom stereocenters. The number of hydrogen-bond acceptors (Lipinski definition) is 12. The molecule has 0 spiro atoms. The molecule has 5 rings (SSSR count). The number of fused-ring (bicyclic) bond motifs is 3. The van der Waals surface area contributed by atoms with Gasteiger partial charge in [-0.25, -0.2) is 8.42 Å². The number of H-pyrrole nitrogens is 1. The van der Waals surface area contributed by atoms with Gasteiger partial charge in [0.2, 0.25) is 5.78 Å². The Morgan fingerprint density at radius 2 is 1.80 bits per heavy atom. The summed E-state index contributed by atoms with van der Waals surface area (Å²) in [7, 11) is 2.72. The lowest BCUT2D eigenvalue weighted by Crippen LogP contribution is -2.65. The molecule has 0 saturated heterocycles. The lowest BCUT2D eigenvalue weighted by Gasteiger charge is -2.50. The second kappa shape index (κ2) is 10.7. The molecule has 45 heavy (non-hydrogen) atoms. The predicted molar refractivity (Wildman–Crippen MR) is 162 cm³/mol. The highest BCUT2D eigenvalue weighted by Gasteiger charge is 2.64.